The Hall–Kier alpha value is -3.80. The lowest BCUT2D eigenvalue weighted by Gasteiger charge is -2.06. The van der Waals surface area contributed by atoms with Crippen molar-refractivity contribution < 1.29 is 18.7 Å². The van der Waals surface area contributed by atoms with Crippen molar-refractivity contribution in [3.63, 3.8) is 0 Å². The van der Waals surface area contributed by atoms with Crippen LogP contribution in [0.25, 0.3) is 6.08 Å². The first kappa shape index (κ1) is 17.6. The van der Waals surface area contributed by atoms with Crippen LogP contribution in [0, 0.1) is 0 Å². The fourth-order valence-electron chi connectivity index (χ4n) is 2.90. The number of benzene rings is 2. The summed E-state index contributed by atoms with van der Waals surface area (Å²) in [4.78, 5) is 24.1. The molecule has 28 heavy (non-hydrogen) atoms. The fourth-order valence-corrected chi connectivity index (χ4v) is 2.90. The standard InChI is InChI=1S/C22H18N2O4/c25-21(10-4-15-3-9-19-16(14-15)11-13-28-19)23-17-5-7-18(8-6-17)24-22(26)20-2-1-12-27-20/h1-10,12,14H,11,13H2,(H,23,25)(H,24,26)/b10-4+. The van der Waals surface area contributed by atoms with Crippen LogP contribution in [0.1, 0.15) is 21.7 Å². The van der Waals surface area contributed by atoms with E-state index in [9.17, 15) is 9.59 Å². The number of carbonyl (C=O) groups excluding carboxylic acids is 2. The largest absolute Gasteiger partial charge is 0.493 e. The highest BCUT2D eigenvalue weighted by molar-refractivity contribution is 6.03. The van der Waals surface area contributed by atoms with E-state index in [4.69, 9.17) is 9.15 Å². The van der Waals surface area contributed by atoms with Gasteiger partial charge in [-0.1, -0.05) is 6.07 Å². The molecular formula is C22H18N2O4. The van der Waals surface area contributed by atoms with E-state index in [2.05, 4.69) is 10.6 Å². The second-order valence-corrected chi connectivity index (χ2v) is 6.30. The van der Waals surface area contributed by atoms with E-state index < -0.39 is 0 Å². The van der Waals surface area contributed by atoms with Gasteiger partial charge in [-0.15, -0.1) is 0 Å². The maximum absolute atomic E-state index is 12.1. The zero-order chi connectivity index (χ0) is 19.3. The summed E-state index contributed by atoms with van der Waals surface area (Å²) in [5.74, 6) is 0.593. The highest BCUT2D eigenvalue weighted by atomic mass is 16.5. The average Bonchev–Trinajstić information content (AvgIpc) is 3.39. The molecule has 0 atom stereocenters. The number of hydrogen-bond donors (Lipinski definition) is 2. The zero-order valence-corrected chi connectivity index (χ0v) is 15.0. The summed E-state index contributed by atoms with van der Waals surface area (Å²) in [6, 6.07) is 16.0. The van der Waals surface area contributed by atoms with E-state index in [-0.39, 0.29) is 17.6 Å². The molecule has 2 amide bonds. The van der Waals surface area contributed by atoms with Crippen LogP contribution in [0.5, 0.6) is 5.75 Å². The Morgan fingerprint density at radius 3 is 2.50 bits per heavy atom. The molecule has 0 saturated carbocycles. The summed E-state index contributed by atoms with van der Waals surface area (Å²) >= 11 is 0. The van der Waals surface area contributed by atoms with Crippen LogP contribution in [-0.4, -0.2) is 18.4 Å². The third kappa shape index (κ3) is 4.12. The number of nitrogens with one attached hydrogen (secondary N) is 2. The van der Waals surface area contributed by atoms with Gasteiger partial charge in [0, 0.05) is 23.9 Å². The molecule has 6 heteroatoms. The Labute approximate surface area is 161 Å². The monoisotopic (exact) mass is 374 g/mol. The fraction of sp³-hybridized carbons (Fsp3) is 0.0909. The third-order valence-corrected chi connectivity index (χ3v) is 4.30. The van der Waals surface area contributed by atoms with Gasteiger partial charge in [0.15, 0.2) is 5.76 Å². The second kappa shape index (κ2) is 7.84. The number of fused-ring (bicyclic) bond motifs is 1. The number of hydrogen-bond acceptors (Lipinski definition) is 4. The molecule has 2 heterocycles. The minimum atomic E-state index is -0.329. The number of anilines is 2. The topological polar surface area (TPSA) is 80.6 Å². The van der Waals surface area contributed by atoms with Crippen molar-refractivity contribution >= 4 is 29.3 Å². The van der Waals surface area contributed by atoms with Crippen LogP contribution in [0.4, 0.5) is 11.4 Å². The van der Waals surface area contributed by atoms with E-state index in [1.807, 2.05) is 18.2 Å². The molecule has 3 aromatic rings. The van der Waals surface area contributed by atoms with Crippen molar-refractivity contribution in [1.29, 1.82) is 0 Å². The predicted molar refractivity (Wildman–Crippen MR) is 106 cm³/mol. The van der Waals surface area contributed by atoms with Crippen LogP contribution >= 0.6 is 0 Å². The Bertz CT molecular complexity index is 1020. The third-order valence-electron chi connectivity index (χ3n) is 4.30. The molecule has 1 aliphatic rings. The first-order valence-electron chi connectivity index (χ1n) is 8.87. The quantitative estimate of drug-likeness (QED) is 0.659. The summed E-state index contributed by atoms with van der Waals surface area (Å²) in [6.45, 7) is 0.709. The smallest absolute Gasteiger partial charge is 0.291 e. The molecule has 0 unspecified atom stereocenters. The van der Waals surface area contributed by atoms with Crippen molar-refractivity contribution in [3.8, 4) is 5.75 Å². The lowest BCUT2D eigenvalue weighted by atomic mass is 10.1. The number of carbonyl (C=O) groups is 2. The van der Waals surface area contributed by atoms with Crippen molar-refractivity contribution in [2.45, 2.75) is 6.42 Å². The summed E-state index contributed by atoms with van der Waals surface area (Å²) in [6.07, 6.45) is 5.60. The molecule has 0 saturated heterocycles. The van der Waals surface area contributed by atoms with Crippen molar-refractivity contribution in [2.24, 2.45) is 0 Å². The summed E-state index contributed by atoms with van der Waals surface area (Å²) in [7, 11) is 0. The molecular weight excluding hydrogens is 356 g/mol. The van der Waals surface area contributed by atoms with Crippen LogP contribution in [0.2, 0.25) is 0 Å². The van der Waals surface area contributed by atoms with Gasteiger partial charge in [0.25, 0.3) is 5.91 Å². The molecule has 2 aromatic carbocycles. The molecule has 1 aliphatic heterocycles. The molecule has 4 rings (SSSR count). The Balaban J connectivity index is 1.33. The van der Waals surface area contributed by atoms with E-state index in [0.29, 0.717) is 18.0 Å². The zero-order valence-electron chi connectivity index (χ0n) is 15.0. The highest BCUT2D eigenvalue weighted by Crippen LogP contribution is 2.26. The molecule has 6 nitrogen and oxygen atoms in total. The van der Waals surface area contributed by atoms with Crippen LogP contribution in [0.15, 0.2) is 71.4 Å². The van der Waals surface area contributed by atoms with Crippen molar-refractivity contribution in [1.82, 2.24) is 0 Å². The summed E-state index contributed by atoms with van der Waals surface area (Å²) < 4.78 is 10.5. The van der Waals surface area contributed by atoms with Gasteiger partial charge in [0.1, 0.15) is 5.75 Å². The second-order valence-electron chi connectivity index (χ2n) is 6.30. The lowest BCUT2D eigenvalue weighted by Crippen LogP contribution is -2.11. The molecule has 0 aliphatic carbocycles. The predicted octanol–water partition coefficient (Wildman–Crippen LogP) is 4.12. The number of rotatable bonds is 5. The van der Waals surface area contributed by atoms with E-state index >= 15 is 0 Å². The van der Waals surface area contributed by atoms with E-state index in [1.165, 1.54) is 12.3 Å². The average molecular weight is 374 g/mol. The number of furan rings is 1. The van der Waals surface area contributed by atoms with Gasteiger partial charge >= 0.3 is 0 Å². The van der Waals surface area contributed by atoms with Gasteiger partial charge in [-0.3, -0.25) is 9.59 Å². The highest BCUT2D eigenvalue weighted by Gasteiger charge is 2.11. The maximum Gasteiger partial charge on any atom is 0.291 e. The van der Waals surface area contributed by atoms with Crippen LogP contribution < -0.4 is 15.4 Å². The van der Waals surface area contributed by atoms with Crippen LogP contribution in [0.3, 0.4) is 0 Å². The molecule has 0 radical (unpaired) electrons. The molecule has 0 spiro atoms. The summed E-state index contributed by atoms with van der Waals surface area (Å²) in [5, 5.41) is 5.51. The molecule has 1 aromatic heterocycles. The Morgan fingerprint density at radius 2 is 1.75 bits per heavy atom. The van der Waals surface area contributed by atoms with Crippen LogP contribution in [-0.2, 0) is 11.2 Å². The summed E-state index contributed by atoms with van der Waals surface area (Å²) in [5.41, 5.74) is 3.36. The first-order valence-corrected chi connectivity index (χ1v) is 8.87. The van der Waals surface area contributed by atoms with Crippen molar-refractivity contribution in [3.05, 3.63) is 83.8 Å². The Morgan fingerprint density at radius 1 is 0.964 bits per heavy atom. The number of amides is 2. The van der Waals surface area contributed by atoms with Gasteiger partial charge in [-0.2, -0.15) is 0 Å². The maximum atomic E-state index is 12.1. The molecule has 0 bridgehead atoms. The van der Waals surface area contributed by atoms with Gasteiger partial charge in [-0.05, 0) is 65.7 Å². The van der Waals surface area contributed by atoms with Gasteiger partial charge in [-0.25, -0.2) is 0 Å². The lowest BCUT2D eigenvalue weighted by molar-refractivity contribution is -0.111. The van der Waals surface area contributed by atoms with Gasteiger partial charge in [0.05, 0.1) is 12.9 Å². The van der Waals surface area contributed by atoms with E-state index in [1.54, 1.807) is 42.5 Å². The molecule has 2 N–H and O–H groups in total. The first-order chi connectivity index (χ1) is 13.7. The van der Waals surface area contributed by atoms with Crippen molar-refractivity contribution in [2.75, 3.05) is 17.2 Å². The minimum absolute atomic E-state index is 0.232. The molecule has 140 valence electrons. The normalized spacial score (nSPS) is 12.4. The van der Waals surface area contributed by atoms with Gasteiger partial charge in [0.2, 0.25) is 5.91 Å². The number of ether oxygens (including phenoxy) is 1. The minimum Gasteiger partial charge on any atom is -0.493 e. The molecule has 0 fully saturated rings. The SMILES string of the molecule is O=C(/C=C/c1ccc2c(c1)CCO2)Nc1ccc(NC(=O)c2ccco2)cc1. The van der Waals surface area contributed by atoms with E-state index in [0.717, 1.165) is 23.3 Å². The Kier molecular flexibility index (Phi) is 4.93. The van der Waals surface area contributed by atoms with Gasteiger partial charge < -0.3 is 19.8 Å².